The molecule has 0 radical (unpaired) electrons. The van der Waals surface area contributed by atoms with E-state index in [2.05, 4.69) is 4.98 Å². The molecule has 2 aromatic carbocycles. The van der Waals surface area contributed by atoms with Crippen LogP contribution in [0, 0.1) is 0 Å². The predicted octanol–water partition coefficient (Wildman–Crippen LogP) is 3.08. The molecular formula is C20H14NO4S-. The van der Waals surface area contributed by atoms with Crippen LogP contribution in [0.1, 0.15) is 16.7 Å². The van der Waals surface area contributed by atoms with Gasteiger partial charge in [0.05, 0.1) is 11.1 Å². The van der Waals surface area contributed by atoms with Gasteiger partial charge in [-0.1, -0.05) is 53.5 Å². The first-order chi connectivity index (χ1) is 12.6. The van der Waals surface area contributed by atoms with Crippen molar-refractivity contribution in [2.24, 2.45) is 0 Å². The van der Waals surface area contributed by atoms with E-state index in [0.29, 0.717) is 11.1 Å². The van der Waals surface area contributed by atoms with E-state index < -0.39 is 11.1 Å². The Kier molecular flexibility index (Phi) is 4.36. The van der Waals surface area contributed by atoms with Gasteiger partial charge in [0.25, 0.3) is 0 Å². The molecule has 0 saturated heterocycles. The fourth-order valence-corrected chi connectivity index (χ4v) is 3.55. The lowest BCUT2D eigenvalue weighted by atomic mass is 9.95. The number of pyridine rings is 1. The summed E-state index contributed by atoms with van der Waals surface area (Å²) in [7, 11) is 0. The van der Waals surface area contributed by atoms with E-state index in [1.165, 1.54) is 0 Å². The van der Waals surface area contributed by atoms with Gasteiger partial charge in [-0.15, -0.1) is 0 Å². The highest BCUT2D eigenvalue weighted by Crippen LogP contribution is 2.34. The summed E-state index contributed by atoms with van der Waals surface area (Å²) in [5.74, 6) is -0.391. The van der Waals surface area contributed by atoms with Crippen molar-refractivity contribution in [1.29, 1.82) is 0 Å². The first-order valence-electron chi connectivity index (χ1n) is 8.02. The zero-order valence-corrected chi connectivity index (χ0v) is 14.5. The van der Waals surface area contributed by atoms with Gasteiger partial charge in [0, 0.05) is 22.9 Å². The van der Waals surface area contributed by atoms with Crippen LogP contribution in [0.2, 0.25) is 0 Å². The van der Waals surface area contributed by atoms with Crippen molar-refractivity contribution in [3.8, 4) is 0 Å². The van der Waals surface area contributed by atoms with Crippen molar-refractivity contribution < 1.29 is 18.3 Å². The maximum Gasteiger partial charge on any atom is 0.339 e. The van der Waals surface area contributed by atoms with Crippen LogP contribution in [0.15, 0.2) is 60.8 Å². The van der Waals surface area contributed by atoms with Crippen molar-refractivity contribution in [2.45, 2.75) is 5.75 Å². The minimum Gasteiger partial charge on any atom is -0.772 e. The van der Waals surface area contributed by atoms with Gasteiger partial charge in [0.1, 0.15) is 6.61 Å². The number of fused-ring (bicyclic) bond motifs is 1. The molecule has 3 aromatic rings. The lowest BCUT2D eigenvalue weighted by Crippen LogP contribution is -1.98. The van der Waals surface area contributed by atoms with E-state index >= 15 is 0 Å². The first-order valence-corrected chi connectivity index (χ1v) is 9.27. The second-order valence-electron chi connectivity index (χ2n) is 5.99. The number of ether oxygens (including phenoxy) is 1. The molecule has 26 heavy (non-hydrogen) atoms. The van der Waals surface area contributed by atoms with Crippen LogP contribution in [-0.2, 0) is 26.4 Å². The Morgan fingerprint density at radius 1 is 1.08 bits per heavy atom. The number of rotatable bonds is 4. The van der Waals surface area contributed by atoms with Gasteiger partial charge in [-0.2, -0.15) is 0 Å². The Labute approximate surface area is 152 Å². The molecule has 0 N–H and O–H groups in total. The Hall–Kier alpha value is -2.83. The van der Waals surface area contributed by atoms with Gasteiger partial charge in [-0.05, 0) is 28.8 Å². The fraction of sp³-hybridized carbons (Fsp3) is 0.100. The molecule has 6 heteroatoms. The quantitative estimate of drug-likeness (QED) is 0.525. The molecule has 0 bridgehead atoms. The number of carbonyl (C=O) groups is 1. The minimum atomic E-state index is -2.13. The van der Waals surface area contributed by atoms with Gasteiger partial charge < -0.3 is 9.29 Å². The molecule has 1 unspecified atom stereocenters. The number of hydrogen-bond donors (Lipinski definition) is 0. The highest BCUT2D eigenvalue weighted by atomic mass is 32.2. The van der Waals surface area contributed by atoms with Crippen LogP contribution >= 0.6 is 0 Å². The zero-order chi connectivity index (χ0) is 18.1. The van der Waals surface area contributed by atoms with E-state index in [4.69, 9.17) is 4.74 Å². The van der Waals surface area contributed by atoms with Crippen LogP contribution in [0.5, 0.6) is 0 Å². The summed E-state index contributed by atoms with van der Waals surface area (Å²) in [6, 6.07) is 16.7. The van der Waals surface area contributed by atoms with E-state index in [1.807, 2.05) is 42.5 Å². The smallest absolute Gasteiger partial charge is 0.339 e. The van der Waals surface area contributed by atoms with Crippen LogP contribution in [-0.4, -0.2) is 26.3 Å². The summed E-state index contributed by atoms with van der Waals surface area (Å²) in [6.45, 7) is 0.196. The Balaban J connectivity index is 1.78. The maximum absolute atomic E-state index is 12.3. The molecular weight excluding hydrogens is 350 g/mol. The van der Waals surface area contributed by atoms with Crippen molar-refractivity contribution in [1.82, 2.24) is 4.98 Å². The molecule has 5 nitrogen and oxygen atoms in total. The predicted molar refractivity (Wildman–Crippen MR) is 98.6 cm³/mol. The largest absolute Gasteiger partial charge is 0.772 e. The molecule has 4 rings (SSSR count). The lowest BCUT2D eigenvalue weighted by molar-refractivity contribution is -0.133. The number of nitrogens with zero attached hydrogens (tertiary/aromatic N) is 1. The Morgan fingerprint density at radius 2 is 1.85 bits per heavy atom. The van der Waals surface area contributed by atoms with E-state index in [-0.39, 0.29) is 18.3 Å². The van der Waals surface area contributed by atoms with E-state index in [1.54, 1.807) is 18.3 Å². The molecule has 1 aliphatic heterocycles. The van der Waals surface area contributed by atoms with Crippen molar-refractivity contribution in [3.05, 3.63) is 77.5 Å². The molecule has 0 spiro atoms. The maximum atomic E-state index is 12.3. The average Bonchev–Trinajstić information content (AvgIpc) is 3.03. The molecule has 1 aliphatic rings. The molecule has 1 atom stereocenters. The van der Waals surface area contributed by atoms with Gasteiger partial charge >= 0.3 is 5.97 Å². The fourth-order valence-electron chi connectivity index (χ4n) is 3.09. The van der Waals surface area contributed by atoms with Gasteiger partial charge in [0.15, 0.2) is 0 Å². The molecule has 1 aromatic heterocycles. The van der Waals surface area contributed by atoms with Crippen LogP contribution < -0.4 is 0 Å². The summed E-state index contributed by atoms with van der Waals surface area (Å²) in [5, 5.41) is 1.000. The summed E-state index contributed by atoms with van der Waals surface area (Å²) in [6.07, 6.45) is 1.72. The van der Waals surface area contributed by atoms with E-state index in [9.17, 15) is 13.6 Å². The molecule has 0 aliphatic carbocycles. The highest BCUT2D eigenvalue weighted by molar-refractivity contribution is 7.78. The molecule has 0 fully saturated rings. The monoisotopic (exact) mass is 364 g/mol. The van der Waals surface area contributed by atoms with E-state index in [0.717, 1.165) is 27.6 Å². The number of aromatic nitrogens is 1. The number of benzene rings is 2. The van der Waals surface area contributed by atoms with Gasteiger partial charge in [-0.3, -0.25) is 9.19 Å². The third-order valence-electron chi connectivity index (χ3n) is 4.33. The first kappa shape index (κ1) is 16.6. The average molecular weight is 364 g/mol. The van der Waals surface area contributed by atoms with Crippen LogP contribution in [0.25, 0.3) is 22.0 Å². The van der Waals surface area contributed by atoms with Crippen molar-refractivity contribution in [2.75, 3.05) is 6.61 Å². The second-order valence-corrected chi connectivity index (χ2v) is 6.88. The molecule has 2 heterocycles. The zero-order valence-electron chi connectivity index (χ0n) is 13.7. The summed E-state index contributed by atoms with van der Waals surface area (Å²) in [5.41, 5.74) is 4.43. The standard InChI is InChI=1S/C20H15NO4S/c22-20-19(16-8-7-15-2-1-9-21-18(15)10-16)17(11-25-20)14-5-3-13(4-6-14)12-26(23)24/h1-10H,11-12H2,(H,23,24)/p-1. The Bertz CT molecular complexity index is 1060. The summed E-state index contributed by atoms with van der Waals surface area (Å²) in [4.78, 5) is 16.7. The topological polar surface area (TPSA) is 79.3 Å². The molecule has 130 valence electrons. The van der Waals surface area contributed by atoms with Crippen molar-refractivity contribution >= 4 is 39.1 Å². The molecule has 0 saturated carbocycles. The molecule has 0 amide bonds. The SMILES string of the molecule is O=C1OCC(c2ccc(CS(=O)[O-])cc2)=C1c1ccc2cccnc2c1. The highest BCUT2D eigenvalue weighted by Gasteiger charge is 2.27. The Morgan fingerprint density at radius 3 is 2.62 bits per heavy atom. The van der Waals surface area contributed by atoms with Crippen LogP contribution in [0.3, 0.4) is 0 Å². The third-order valence-corrected chi connectivity index (χ3v) is 4.90. The van der Waals surface area contributed by atoms with Gasteiger partial charge in [0.2, 0.25) is 0 Å². The summed E-state index contributed by atoms with van der Waals surface area (Å²) >= 11 is -2.13. The normalized spacial score (nSPS) is 15.3. The number of esters is 1. The van der Waals surface area contributed by atoms with Crippen molar-refractivity contribution in [3.63, 3.8) is 0 Å². The van der Waals surface area contributed by atoms with Gasteiger partial charge in [-0.25, -0.2) is 4.79 Å². The third kappa shape index (κ3) is 3.16. The van der Waals surface area contributed by atoms with Crippen LogP contribution in [0.4, 0.5) is 0 Å². The summed E-state index contributed by atoms with van der Waals surface area (Å²) < 4.78 is 26.9. The minimum absolute atomic E-state index is 0.0298. The number of cyclic esters (lactones) is 1. The lowest BCUT2D eigenvalue weighted by Gasteiger charge is -2.08. The number of hydrogen-bond acceptors (Lipinski definition) is 5. The number of carbonyl (C=O) groups excluding carboxylic acids is 1. The second kappa shape index (κ2) is 6.82.